The highest BCUT2D eigenvalue weighted by atomic mass is 16.4. The number of para-hydroxylation sites is 2. The van der Waals surface area contributed by atoms with Crippen molar-refractivity contribution in [2.24, 2.45) is 0 Å². The molecule has 0 spiro atoms. The Labute approximate surface area is 205 Å². The van der Waals surface area contributed by atoms with Crippen LogP contribution in [0.15, 0.2) is 83.5 Å². The van der Waals surface area contributed by atoms with Gasteiger partial charge in [-0.05, 0) is 55.3 Å². The lowest BCUT2D eigenvalue weighted by atomic mass is 10.1. The van der Waals surface area contributed by atoms with Crippen LogP contribution < -0.4 is 10.2 Å². The Bertz CT molecular complexity index is 1270. The molecule has 2 aromatic heterocycles. The maximum absolute atomic E-state index is 13.1. The zero-order valence-electron chi connectivity index (χ0n) is 19.9. The van der Waals surface area contributed by atoms with Crippen molar-refractivity contribution >= 4 is 17.3 Å². The molecule has 1 aliphatic rings. The van der Waals surface area contributed by atoms with Gasteiger partial charge < -0.3 is 14.6 Å². The number of aryl methyl sites for hydroxylation is 1. The van der Waals surface area contributed by atoms with Crippen molar-refractivity contribution in [2.45, 2.75) is 13.3 Å². The van der Waals surface area contributed by atoms with Crippen molar-refractivity contribution in [3.63, 3.8) is 0 Å². The first-order valence-corrected chi connectivity index (χ1v) is 12.0. The highest BCUT2D eigenvalue weighted by Crippen LogP contribution is 2.28. The van der Waals surface area contributed by atoms with Crippen molar-refractivity contribution in [3.05, 3.63) is 96.1 Å². The van der Waals surface area contributed by atoms with E-state index in [1.54, 1.807) is 6.92 Å². The third-order valence-electron chi connectivity index (χ3n) is 6.36. The lowest BCUT2D eigenvalue weighted by molar-refractivity contribution is 0.102. The van der Waals surface area contributed by atoms with Gasteiger partial charge in [0.1, 0.15) is 5.76 Å². The molecule has 0 bridgehead atoms. The lowest BCUT2D eigenvalue weighted by Gasteiger charge is -2.37. The fourth-order valence-electron chi connectivity index (χ4n) is 4.40. The molecule has 0 radical (unpaired) electrons. The van der Waals surface area contributed by atoms with Crippen molar-refractivity contribution < 1.29 is 9.21 Å². The molecule has 7 nitrogen and oxygen atoms in total. The summed E-state index contributed by atoms with van der Waals surface area (Å²) in [4.78, 5) is 26.5. The van der Waals surface area contributed by atoms with E-state index in [-0.39, 0.29) is 5.91 Å². The van der Waals surface area contributed by atoms with Gasteiger partial charge in [0.15, 0.2) is 5.69 Å². The number of benzene rings is 2. The number of hydrogen-bond donors (Lipinski definition) is 1. The number of anilines is 2. The van der Waals surface area contributed by atoms with E-state index in [2.05, 4.69) is 43.3 Å². The van der Waals surface area contributed by atoms with Crippen molar-refractivity contribution in [1.29, 1.82) is 0 Å². The Balaban J connectivity index is 1.23. The number of rotatable bonds is 7. The molecule has 0 atom stereocenters. The van der Waals surface area contributed by atoms with E-state index < -0.39 is 0 Å². The monoisotopic (exact) mass is 467 g/mol. The number of aromatic nitrogens is 2. The maximum Gasteiger partial charge on any atom is 0.277 e. The molecule has 3 heterocycles. The van der Waals surface area contributed by atoms with Crippen LogP contribution in [0.1, 0.15) is 21.8 Å². The summed E-state index contributed by atoms with van der Waals surface area (Å²) in [6, 6.07) is 21.7. The van der Waals surface area contributed by atoms with Crippen LogP contribution in [-0.4, -0.2) is 53.5 Å². The van der Waals surface area contributed by atoms with Crippen LogP contribution in [0.5, 0.6) is 0 Å². The molecule has 4 aromatic rings. The van der Waals surface area contributed by atoms with Crippen molar-refractivity contribution in [1.82, 2.24) is 14.9 Å². The molecule has 1 amide bonds. The van der Waals surface area contributed by atoms with E-state index in [1.165, 1.54) is 5.56 Å². The summed E-state index contributed by atoms with van der Waals surface area (Å²) in [6.45, 7) is 6.58. The number of piperazine rings is 1. The number of nitrogens with zero attached hydrogens (tertiary/aromatic N) is 4. The van der Waals surface area contributed by atoms with Crippen LogP contribution in [0, 0.1) is 6.92 Å². The SMILES string of the molecule is Cc1oc(-c2ccccc2)nc1C(=O)Nc1ccccc1N1CCN(CCc2ccncc2)CC1. The van der Waals surface area contributed by atoms with Gasteiger partial charge in [0.05, 0.1) is 11.4 Å². The highest BCUT2D eigenvalue weighted by molar-refractivity contribution is 6.05. The predicted octanol–water partition coefficient (Wildman–Crippen LogP) is 4.66. The average molecular weight is 468 g/mol. The molecule has 1 N–H and O–H groups in total. The molecule has 1 fully saturated rings. The predicted molar refractivity (Wildman–Crippen MR) is 138 cm³/mol. The quantitative estimate of drug-likeness (QED) is 0.426. The smallest absolute Gasteiger partial charge is 0.277 e. The van der Waals surface area contributed by atoms with E-state index in [4.69, 9.17) is 4.42 Å². The third kappa shape index (κ3) is 5.41. The van der Waals surface area contributed by atoms with Gasteiger partial charge in [0.2, 0.25) is 5.89 Å². The summed E-state index contributed by atoms with van der Waals surface area (Å²) in [6.07, 6.45) is 4.72. The normalized spacial score (nSPS) is 14.1. The molecule has 0 aliphatic carbocycles. The fourth-order valence-corrected chi connectivity index (χ4v) is 4.40. The maximum atomic E-state index is 13.1. The van der Waals surface area contributed by atoms with Crippen LogP contribution in [-0.2, 0) is 6.42 Å². The number of amides is 1. The highest BCUT2D eigenvalue weighted by Gasteiger charge is 2.22. The van der Waals surface area contributed by atoms with E-state index in [1.807, 2.05) is 60.9 Å². The van der Waals surface area contributed by atoms with E-state index in [0.717, 1.165) is 56.1 Å². The molecule has 2 aromatic carbocycles. The number of pyridine rings is 1. The Morgan fingerprint density at radius 3 is 2.43 bits per heavy atom. The molecule has 1 saturated heterocycles. The van der Waals surface area contributed by atoms with Gasteiger partial charge in [-0.2, -0.15) is 0 Å². The van der Waals surface area contributed by atoms with E-state index in [0.29, 0.717) is 17.3 Å². The standard InChI is InChI=1S/C28H29N5O2/c1-21-26(31-28(35-21)23-7-3-2-4-8-23)27(34)30-24-9-5-6-10-25(24)33-19-17-32(18-20-33)16-13-22-11-14-29-15-12-22/h2-12,14-15H,13,16-20H2,1H3,(H,30,34). The first-order valence-electron chi connectivity index (χ1n) is 12.0. The second-order valence-corrected chi connectivity index (χ2v) is 8.70. The topological polar surface area (TPSA) is 74.5 Å². The summed E-state index contributed by atoms with van der Waals surface area (Å²) >= 11 is 0. The van der Waals surface area contributed by atoms with Gasteiger partial charge in [0.25, 0.3) is 5.91 Å². The summed E-state index contributed by atoms with van der Waals surface area (Å²) in [7, 11) is 0. The van der Waals surface area contributed by atoms with Gasteiger partial charge >= 0.3 is 0 Å². The largest absolute Gasteiger partial charge is 0.441 e. The van der Waals surface area contributed by atoms with Crippen molar-refractivity contribution in [2.75, 3.05) is 42.9 Å². The number of carbonyl (C=O) groups is 1. The second-order valence-electron chi connectivity index (χ2n) is 8.70. The van der Waals surface area contributed by atoms with Crippen LogP contribution in [0.3, 0.4) is 0 Å². The Kier molecular flexibility index (Phi) is 6.86. The fraction of sp³-hybridized carbons (Fsp3) is 0.250. The first-order chi connectivity index (χ1) is 17.2. The second kappa shape index (κ2) is 10.5. The Morgan fingerprint density at radius 2 is 1.66 bits per heavy atom. The molecule has 7 heteroatoms. The van der Waals surface area contributed by atoms with E-state index >= 15 is 0 Å². The van der Waals surface area contributed by atoms with Gasteiger partial charge in [-0.25, -0.2) is 4.98 Å². The number of hydrogen-bond acceptors (Lipinski definition) is 6. The van der Waals surface area contributed by atoms with E-state index in [9.17, 15) is 4.79 Å². The van der Waals surface area contributed by atoms with Gasteiger partial charge in [0, 0.05) is 50.7 Å². The van der Waals surface area contributed by atoms with Crippen LogP contribution in [0.4, 0.5) is 11.4 Å². The molecular weight excluding hydrogens is 438 g/mol. The van der Waals surface area contributed by atoms with Gasteiger partial charge in [-0.15, -0.1) is 0 Å². The third-order valence-corrected chi connectivity index (χ3v) is 6.36. The van der Waals surface area contributed by atoms with Gasteiger partial charge in [-0.3, -0.25) is 14.7 Å². The summed E-state index contributed by atoms with van der Waals surface area (Å²) < 4.78 is 5.78. The molecule has 5 rings (SSSR count). The van der Waals surface area contributed by atoms with Crippen LogP contribution in [0.25, 0.3) is 11.5 Å². The van der Waals surface area contributed by atoms with Crippen molar-refractivity contribution in [3.8, 4) is 11.5 Å². The number of oxazole rings is 1. The van der Waals surface area contributed by atoms with Gasteiger partial charge in [-0.1, -0.05) is 30.3 Å². The minimum absolute atomic E-state index is 0.267. The minimum Gasteiger partial charge on any atom is -0.441 e. The molecule has 0 saturated carbocycles. The summed E-state index contributed by atoms with van der Waals surface area (Å²) in [5.74, 6) is 0.683. The number of carbonyl (C=O) groups excluding carboxylic acids is 1. The number of nitrogens with one attached hydrogen (secondary N) is 1. The summed E-state index contributed by atoms with van der Waals surface area (Å²) in [5, 5.41) is 3.06. The zero-order chi connectivity index (χ0) is 24.0. The van der Waals surface area contributed by atoms with Crippen LogP contribution in [0.2, 0.25) is 0 Å². The Hall–Kier alpha value is -3.97. The molecule has 1 aliphatic heterocycles. The Morgan fingerprint density at radius 1 is 0.943 bits per heavy atom. The average Bonchev–Trinajstić information content (AvgIpc) is 3.31. The summed E-state index contributed by atoms with van der Waals surface area (Å²) in [5.41, 5.74) is 4.27. The molecule has 178 valence electrons. The molecular formula is C28H29N5O2. The lowest BCUT2D eigenvalue weighted by Crippen LogP contribution is -2.47. The zero-order valence-corrected chi connectivity index (χ0v) is 19.9. The molecule has 0 unspecified atom stereocenters. The van der Waals surface area contributed by atoms with Crippen LogP contribution >= 0.6 is 0 Å². The first kappa shape index (κ1) is 22.8. The molecule has 35 heavy (non-hydrogen) atoms. The minimum atomic E-state index is -0.267.